The fourth-order valence-corrected chi connectivity index (χ4v) is 5.67. The summed E-state index contributed by atoms with van der Waals surface area (Å²) in [5, 5.41) is 2.91. The number of sulfonamides is 1. The molecule has 3 rings (SSSR count). The number of rotatable bonds is 5. The third-order valence-electron chi connectivity index (χ3n) is 5.12. The number of nitrogens with zero attached hydrogens (tertiary/aromatic N) is 1. The Hall–Kier alpha value is -2.23. The highest BCUT2D eigenvalue weighted by Crippen LogP contribution is 2.28. The summed E-state index contributed by atoms with van der Waals surface area (Å²) in [6, 6.07) is 11.6. The van der Waals surface area contributed by atoms with Gasteiger partial charge in [0.15, 0.2) is 0 Å². The summed E-state index contributed by atoms with van der Waals surface area (Å²) in [5.41, 5.74) is 1.77. The Balaban J connectivity index is 1.69. The van der Waals surface area contributed by atoms with Gasteiger partial charge in [0.25, 0.3) is 0 Å². The molecule has 1 amide bonds. The highest BCUT2D eigenvalue weighted by molar-refractivity contribution is 9.10. The lowest BCUT2D eigenvalue weighted by Crippen LogP contribution is -2.41. The summed E-state index contributed by atoms with van der Waals surface area (Å²) in [6.45, 7) is 2.36. The van der Waals surface area contributed by atoms with Gasteiger partial charge < -0.3 is 10.1 Å². The van der Waals surface area contributed by atoms with E-state index in [0.29, 0.717) is 18.5 Å². The highest BCUT2D eigenvalue weighted by Gasteiger charge is 2.34. The molecule has 0 unspecified atom stereocenters. The zero-order valence-corrected chi connectivity index (χ0v) is 19.1. The van der Waals surface area contributed by atoms with E-state index in [0.717, 1.165) is 10.0 Å². The first-order valence-electron chi connectivity index (χ1n) is 9.48. The minimum Gasteiger partial charge on any atom is -0.465 e. The molecule has 0 radical (unpaired) electrons. The minimum absolute atomic E-state index is 0.00378. The van der Waals surface area contributed by atoms with Crippen molar-refractivity contribution in [2.75, 3.05) is 25.5 Å². The SMILES string of the molecule is COC(=O)c1ccccc1S(=O)(=O)N1CCC(C(=O)Nc2ccc(C)cc2Br)CC1. The van der Waals surface area contributed by atoms with E-state index in [1.54, 1.807) is 12.1 Å². The van der Waals surface area contributed by atoms with Crippen molar-refractivity contribution in [3.63, 3.8) is 0 Å². The van der Waals surface area contributed by atoms with E-state index in [2.05, 4.69) is 21.2 Å². The Morgan fingerprint density at radius 3 is 2.43 bits per heavy atom. The van der Waals surface area contributed by atoms with Crippen LogP contribution in [0.2, 0.25) is 0 Å². The molecule has 0 atom stereocenters. The molecule has 1 aliphatic heterocycles. The van der Waals surface area contributed by atoms with Crippen LogP contribution in [0.15, 0.2) is 51.8 Å². The zero-order chi connectivity index (χ0) is 21.9. The smallest absolute Gasteiger partial charge is 0.339 e. The molecule has 1 aliphatic rings. The molecule has 0 aromatic heterocycles. The quantitative estimate of drug-likeness (QED) is 0.641. The lowest BCUT2D eigenvalue weighted by molar-refractivity contribution is -0.120. The minimum atomic E-state index is -3.87. The Morgan fingerprint density at radius 2 is 1.80 bits per heavy atom. The van der Waals surface area contributed by atoms with E-state index in [1.165, 1.54) is 23.5 Å². The van der Waals surface area contributed by atoms with Gasteiger partial charge in [-0.3, -0.25) is 4.79 Å². The third-order valence-corrected chi connectivity index (χ3v) is 7.73. The van der Waals surface area contributed by atoms with Gasteiger partial charge in [-0.05, 0) is 65.5 Å². The number of carbonyl (C=O) groups is 2. The Labute approximate surface area is 184 Å². The van der Waals surface area contributed by atoms with Gasteiger partial charge in [0.05, 0.1) is 23.3 Å². The average Bonchev–Trinajstić information content (AvgIpc) is 2.75. The largest absolute Gasteiger partial charge is 0.465 e. The van der Waals surface area contributed by atoms with Crippen LogP contribution in [0.3, 0.4) is 0 Å². The Morgan fingerprint density at radius 1 is 1.13 bits per heavy atom. The van der Waals surface area contributed by atoms with E-state index in [9.17, 15) is 18.0 Å². The summed E-state index contributed by atoms with van der Waals surface area (Å²) in [5.74, 6) is -1.13. The molecule has 0 spiro atoms. The predicted octanol–water partition coefficient (Wildman–Crippen LogP) is 3.58. The van der Waals surface area contributed by atoms with Crippen molar-refractivity contribution in [2.45, 2.75) is 24.7 Å². The third kappa shape index (κ3) is 4.74. The number of piperidine rings is 1. The molecule has 0 bridgehead atoms. The number of amides is 1. The fourth-order valence-electron chi connectivity index (χ4n) is 3.42. The molecule has 0 aliphatic carbocycles. The number of halogens is 1. The molecule has 1 N–H and O–H groups in total. The molecule has 7 nitrogen and oxygen atoms in total. The second-order valence-corrected chi connectivity index (χ2v) is 9.90. The van der Waals surface area contributed by atoms with Crippen molar-refractivity contribution >= 4 is 43.5 Å². The van der Waals surface area contributed by atoms with Gasteiger partial charge in [-0.25, -0.2) is 13.2 Å². The molecule has 160 valence electrons. The van der Waals surface area contributed by atoms with Crippen LogP contribution >= 0.6 is 15.9 Å². The zero-order valence-electron chi connectivity index (χ0n) is 16.7. The number of carbonyl (C=O) groups excluding carboxylic acids is 2. The van der Waals surface area contributed by atoms with E-state index < -0.39 is 16.0 Å². The van der Waals surface area contributed by atoms with Crippen LogP contribution in [0.4, 0.5) is 5.69 Å². The summed E-state index contributed by atoms with van der Waals surface area (Å²) in [6.07, 6.45) is 0.796. The molecule has 9 heteroatoms. The second-order valence-electron chi connectivity index (χ2n) is 7.14. The molecule has 1 saturated heterocycles. The van der Waals surface area contributed by atoms with Crippen LogP contribution in [0.25, 0.3) is 0 Å². The number of aryl methyl sites for hydroxylation is 1. The van der Waals surface area contributed by atoms with Crippen molar-refractivity contribution in [1.82, 2.24) is 4.31 Å². The van der Waals surface area contributed by atoms with E-state index in [1.807, 2.05) is 25.1 Å². The van der Waals surface area contributed by atoms with Crippen molar-refractivity contribution < 1.29 is 22.7 Å². The summed E-state index contributed by atoms with van der Waals surface area (Å²) in [7, 11) is -2.66. The van der Waals surface area contributed by atoms with Crippen molar-refractivity contribution in [3.05, 3.63) is 58.1 Å². The van der Waals surface area contributed by atoms with Crippen molar-refractivity contribution in [1.29, 1.82) is 0 Å². The number of benzene rings is 2. The van der Waals surface area contributed by atoms with E-state index in [4.69, 9.17) is 4.74 Å². The first-order valence-corrected chi connectivity index (χ1v) is 11.7. The van der Waals surface area contributed by atoms with E-state index >= 15 is 0 Å². The first-order chi connectivity index (χ1) is 14.2. The molecular formula is C21H23BrN2O5S. The molecule has 2 aromatic rings. The first kappa shape index (κ1) is 22.5. The maximum atomic E-state index is 13.1. The lowest BCUT2D eigenvalue weighted by Gasteiger charge is -2.31. The number of ether oxygens (including phenoxy) is 1. The summed E-state index contributed by atoms with van der Waals surface area (Å²) in [4.78, 5) is 24.5. The standard InChI is InChI=1S/C21H23BrN2O5S/c1-14-7-8-18(17(22)13-14)23-20(25)15-9-11-24(12-10-15)30(27,28)19-6-4-3-5-16(19)21(26)29-2/h3-8,13,15H,9-12H2,1-2H3,(H,23,25). The molecule has 1 fully saturated rings. The van der Waals surface area contributed by atoms with Gasteiger partial charge in [0.1, 0.15) is 0 Å². The summed E-state index contributed by atoms with van der Waals surface area (Å²) >= 11 is 3.45. The number of hydrogen-bond acceptors (Lipinski definition) is 5. The lowest BCUT2D eigenvalue weighted by atomic mass is 9.97. The van der Waals surface area contributed by atoms with Crippen LogP contribution in [-0.2, 0) is 19.6 Å². The van der Waals surface area contributed by atoms with Crippen LogP contribution in [0.5, 0.6) is 0 Å². The van der Waals surface area contributed by atoms with Crippen LogP contribution in [0, 0.1) is 12.8 Å². The maximum Gasteiger partial charge on any atom is 0.339 e. The van der Waals surface area contributed by atoms with Gasteiger partial charge in [-0.1, -0.05) is 18.2 Å². The van der Waals surface area contributed by atoms with Gasteiger partial charge in [0, 0.05) is 23.5 Å². The summed E-state index contributed by atoms with van der Waals surface area (Å²) < 4.78 is 33.0. The predicted molar refractivity (Wildman–Crippen MR) is 117 cm³/mol. The topological polar surface area (TPSA) is 92.8 Å². The van der Waals surface area contributed by atoms with E-state index in [-0.39, 0.29) is 35.4 Å². The van der Waals surface area contributed by atoms with Crippen molar-refractivity contribution in [3.8, 4) is 0 Å². The highest BCUT2D eigenvalue weighted by atomic mass is 79.9. The van der Waals surface area contributed by atoms with Gasteiger partial charge in [0.2, 0.25) is 15.9 Å². The maximum absolute atomic E-state index is 13.1. The van der Waals surface area contributed by atoms with Gasteiger partial charge in [-0.15, -0.1) is 0 Å². The number of esters is 1. The molecule has 0 saturated carbocycles. The number of hydrogen-bond donors (Lipinski definition) is 1. The normalized spacial score (nSPS) is 15.6. The van der Waals surface area contributed by atoms with Crippen LogP contribution < -0.4 is 5.32 Å². The number of methoxy groups -OCH3 is 1. The Kier molecular flexibility index (Phi) is 6.95. The number of anilines is 1. The molecule has 1 heterocycles. The van der Waals surface area contributed by atoms with Gasteiger partial charge >= 0.3 is 5.97 Å². The molecule has 30 heavy (non-hydrogen) atoms. The van der Waals surface area contributed by atoms with Crippen LogP contribution in [0.1, 0.15) is 28.8 Å². The second kappa shape index (κ2) is 9.28. The molecule has 2 aromatic carbocycles. The fraction of sp³-hybridized carbons (Fsp3) is 0.333. The number of nitrogens with one attached hydrogen (secondary N) is 1. The monoisotopic (exact) mass is 494 g/mol. The Bertz CT molecular complexity index is 1060. The molecular weight excluding hydrogens is 472 g/mol. The van der Waals surface area contributed by atoms with Crippen LogP contribution in [-0.4, -0.2) is 44.8 Å². The van der Waals surface area contributed by atoms with Crippen molar-refractivity contribution in [2.24, 2.45) is 5.92 Å². The average molecular weight is 495 g/mol. The van der Waals surface area contributed by atoms with Gasteiger partial charge in [-0.2, -0.15) is 4.31 Å².